The molecule has 26 heavy (non-hydrogen) atoms. The molecule has 0 saturated carbocycles. The predicted octanol–water partition coefficient (Wildman–Crippen LogP) is 3.51. The van der Waals surface area contributed by atoms with Crippen molar-refractivity contribution in [1.29, 1.82) is 0 Å². The molecule has 1 amide bonds. The molecule has 0 spiro atoms. The number of rotatable bonds is 6. The molecule has 140 valence electrons. The van der Waals surface area contributed by atoms with Gasteiger partial charge in [-0.2, -0.15) is 0 Å². The lowest BCUT2D eigenvalue weighted by atomic mass is 10.1. The van der Waals surface area contributed by atoms with E-state index in [0.717, 1.165) is 18.7 Å². The first-order valence-corrected chi connectivity index (χ1v) is 8.47. The van der Waals surface area contributed by atoms with Crippen LogP contribution in [0.1, 0.15) is 18.1 Å². The van der Waals surface area contributed by atoms with Crippen molar-refractivity contribution in [1.82, 2.24) is 10.2 Å². The lowest BCUT2D eigenvalue weighted by molar-refractivity contribution is -0.115. The number of para-hydroxylation sites is 1. The van der Waals surface area contributed by atoms with Crippen molar-refractivity contribution in [2.75, 3.05) is 26.0 Å². The second kappa shape index (κ2) is 11.5. The van der Waals surface area contributed by atoms with Crippen molar-refractivity contribution in [3.8, 4) is 0 Å². The Morgan fingerprint density at radius 3 is 2.23 bits per heavy atom. The van der Waals surface area contributed by atoms with Crippen LogP contribution in [0.4, 0.5) is 5.69 Å². The summed E-state index contributed by atoms with van der Waals surface area (Å²) in [6, 6.07) is 18.0. The van der Waals surface area contributed by atoms with Crippen molar-refractivity contribution in [2.45, 2.75) is 19.9 Å². The van der Waals surface area contributed by atoms with Gasteiger partial charge in [-0.25, -0.2) is 0 Å². The van der Waals surface area contributed by atoms with Gasteiger partial charge in [0.2, 0.25) is 5.91 Å². The third kappa shape index (κ3) is 7.03. The first kappa shape index (κ1) is 22.0. The van der Waals surface area contributed by atoms with E-state index in [9.17, 15) is 4.79 Å². The van der Waals surface area contributed by atoms with E-state index in [1.807, 2.05) is 42.3 Å². The Hall–Kier alpha value is -2.09. The Kier molecular flexibility index (Phi) is 9.72. The predicted molar refractivity (Wildman–Crippen MR) is 119 cm³/mol. The number of hydrogen-bond acceptors (Lipinski definition) is 2. The Morgan fingerprint density at radius 2 is 1.65 bits per heavy atom. The molecule has 2 aromatic carbocycles. The molecule has 0 fully saturated rings. The quantitative estimate of drug-likeness (QED) is 0.389. The van der Waals surface area contributed by atoms with E-state index in [1.165, 1.54) is 11.1 Å². The lowest BCUT2D eigenvalue weighted by Gasteiger charge is -2.22. The maximum Gasteiger partial charge on any atom is 0.243 e. The molecule has 0 unspecified atom stereocenters. The summed E-state index contributed by atoms with van der Waals surface area (Å²) in [4.78, 5) is 18.3. The molecule has 6 heteroatoms. The monoisotopic (exact) mass is 466 g/mol. The third-order valence-electron chi connectivity index (χ3n) is 3.89. The maximum absolute atomic E-state index is 12.0. The summed E-state index contributed by atoms with van der Waals surface area (Å²) in [5.74, 6) is 0.579. The zero-order valence-corrected chi connectivity index (χ0v) is 17.9. The van der Waals surface area contributed by atoms with E-state index in [0.29, 0.717) is 5.96 Å². The molecule has 2 N–H and O–H groups in total. The minimum absolute atomic E-state index is 0. The molecule has 0 aliphatic heterocycles. The van der Waals surface area contributed by atoms with Gasteiger partial charge in [0.05, 0.1) is 6.54 Å². The summed E-state index contributed by atoms with van der Waals surface area (Å²) in [6.07, 6.45) is 1.04. The lowest BCUT2D eigenvalue weighted by Crippen LogP contribution is -2.42. The maximum atomic E-state index is 12.0. The molecule has 2 rings (SSSR count). The summed E-state index contributed by atoms with van der Waals surface area (Å²) in [6.45, 7) is 3.04. The van der Waals surface area contributed by atoms with Gasteiger partial charge in [-0.15, -0.1) is 24.0 Å². The van der Waals surface area contributed by atoms with E-state index in [1.54, 1.807) is 7.05 Å². The molecule has 0 heterocycles. The van der Waals surface area contributed by atoms with Gasteiger partial charge in [-0.1, -0.05) is 49.4 Å². The van der Waals surface area contributed by atoms with E-state index < -0.39 is 0 Å². The molecule has 0 aliphatic rings. The average molecular weight is 466 g/mol. The number of carbonyl (C=O) groups is 1. The van der Waals surface area contributed by atoms with Crippen LogP contribution >= 0.6 is 24.0 Å². The van der Waals surface area contributed by atoms with Gasteiger partial charge in [0.15, 0.2) is 5.96 Å². The van der Waals surface area contributed by atoms with Crippen LogP contribution in [-0.2, 0) is 17.8 Å². The van der Waals surface area contributed by atoms with Crippen molar-refractivity contribution in [2.24, 2.45) is 4.99 Å². The van der Waals surface area contributed by atoms with Gasteiger partial charge >= 0.3 is 0 Å². The minimum Gasteiger partial charge on any atom is -0.347 e. The first-order valence-electron chi connectivity index (χ1n) is 8.47. The zero-order chi connectivity index (χ0) is 18.1. The summed E-state index contributed by atoms with van der Waals surface area (Å²) in [5.41, 5.74) is 3.32. The number of guanidine groups is 1. The summed E-state index contributed by atoms with van der Waals surface area (Å²) in [5, 5.41) is 5.94. The van der Waals surface area contributed by atoms with Crippen LogP contribution in [0.5, 0.6) is 0 Å². The third-order valence-corrected chi connectivity index (χ3v) is 3.89. The molecular weight excluding hydrogens is 439 g/mol. The van der Waals surface area contributed by atoms with Crippen molar-refractivity contribution in [3.63, 3.8) is 0 Å². The van der Waals surface area contributed by atoms with Crippen LogP contribution < -0.4 is 10.6 Å². The number of aliphatic imine (C=N–C) groups is 1. The summed E-state index contributed by atoms with van der Waals surface area (Å²) < 4.78 is 0. The average Bonchev–Trinajstić information content (AvgIpc) is 2.63. The molecule has 0 aromatic heterocycles. The Bertz CT molecular complexity index is 702. The molecular formula is C20H27IN4O. The standard InChI is InChI=1S/C20H26N4O.HI/c1-4-16-10-12-17(13-11-16)15-24(3)20(21-2)22-14-19(25)23-18-8-6-5-7-9-18;/h5-13H,4,14-15H2,1-3H3,(H,21,22)(H,23,25);1H. The molecule has 0 bridgehead atoms. The van der Waals surface area contributed by atoms with Gasteiger partial charge < -0.3 is 15.5 Å². The van der Waals surface area contributed by atoms with Gasteiger partial charge in [0, 0.05) is 26.3 Å². The fraction of sp³-hybridized carbons (Fsp3) is 0.300. The molecule has 2 aromatic rings. The highest BCUT2D eigenvalue weighted by Crippen LogP contribution is 2.08. The summed E-state index contributed by atoms with van der Waals surface area (Å²) >= 11 is 0. The number of anilines is 1. The highest BCUT2D eigenvalue weighted by Gasteiger charge is 2.09. The van der Waals surface area contributed by atoms with Crippen LogP contribution in [-0.4, -0.2) is 37.4 Å². The van der Waals surface area contributed by atoms with Gasteiger partial charge in [-0.05, 0) is 29.7 Å². The van der Waals surface area contributed by atoms with Crippen molar-refractivity contribution in [3.05, 3.63) is 65.7 Å². The van der Waals surface area contributed by atoms with Crippen LogP contribution in [0, 0.1) is 0 Å². The zero-order valence-electron chi connectivity index (χ0n) is 15.5. The summed E-state index contributed by atoms with van der Waals surface area (Å²) in [7, 11) is 3.67. The smallest absolute Gasteiger partial charge is 0.243 e. The van der Waals surface area contributed by atoms with Crippen LogP contribution in [0.3, 0.4) is 0 Å². The normalized spacial score (nSPS) is 10.7. The van der Waals surface area contributed by atoms with Crippen molar-refractivity contribution < 1.29 is 4.79 Å². The van der Waals surface area contributed by atoms with Gasteiger partial charge in [0.25, 0.3) is 0 Å². The number of nitrogens with one attached hydrogen (secondary N) is 2. The molecule has 0 saturated heterocycles. The number of amides is 1. The Labute approximate surface area is 172 Å². The molecule has 0 aliphatic carbocycles. The van der Waals surface area contributed by atoms with E-state index in [-0.39, 0.29) is 36.4 Å². The number of hydrogen-bond donors (Lipinski definition) is 2. The number of halogens is 1. The topological polar surface area (TPSA) is 56.7 Å². The second-order valence-electron chi connectivity index (χ2n) is 5.84. The number of aryl methyl sites for hydroxylation is 1. The number of benzene rings is 2. The fourth-order valence-corrected chi connectivity index (χ4v) is 2.50. The van der Waals surface area contributed by atoms with Crippen molar-refractivity contribution >= 4 is 41.5 Å². The fourth-order valence-electron chi connectivity index (χ4n) is 2.50. The molecule has 0 radical (unpaired) electrons. The Balaban J connectivity index is 0.00000338. The van der Waals surface area contributed by atoms with Crippen LogP contribution in [0.15, 0.2) is 59.6 Å². The minimum atomic E-state index is -0.104. The second-order valence-corrected chi connectivity index (χ2v) is 5.84. The first-order chi connectivity index (χ1) is 12.1. The molecule has 5 nitrogen and oxygen atoms in total. The van der Waals surface area contributed by atoms with Crippen LogP contribution in [0.2, 0.25) is 0 Å². The highest BCUT2D eigenvalue weighted by molar-refractivity contribution is 14.0. The number of carbonyl (C=O) groups excluding carboxylic acids is 1. The number of nitrogens with zero attached hydrogens (tertiary/aromatic N) is 2. The van der Waals surface area contributed by atoms with E-state index in [2.05, 4.69) is 46.8 Å². The highest BCUT2D eigenvalue weighted by atomic mass is 127. The Morgan fingerprint density at radius 1 is 1.04 bits per heavy atom. The molecule has 0 atom stereocenters. The van der Waals surface area contributed by atoms with Gasteiger partial charge in [-0.3, -0.25) is 9.79 Å². The SMILES string of the molecule is CCc1ccc(CN(C)C(=NC)NCC(=O)Nc2ccccc2)cc1.I. The van der Waals surface area contributed by atoms with Gasteiger partial charge in [0.1, 0.15) is 0 Å². The van der Waals surface area contributed by atoms with E-state index in [4.69, 9.17) is 0 Å². The van der Waals surface area contributed by atoms with Crippen LogP contribution in [0.25, 0.3) is 0 Å². The van der Waals surface area contributed by atoms with E-state index >= 15 is 0 Å². The largest absolute Gasteiger partial charge is 0.347 e.